The molecule has 6 rings (SSSR count). The van der Waals surface area contributed by atoms with Crippen LogP contribution in [0.5, 0.6) is 0 Å². The van der Waals surface area contributed by atoms with E-state index in [4.69, 9.17) is 9.72 Å². The first kappa shape index (κ1) is 27.5. The van der Waals surface area contributed by atoms with Gasteiger partial charge >= 0.3 is 0 Å². The standard InChI is InChI=1S/C28H31F2N7O3S/c29-26(30)27-32-22-8-4-5-9-23(22)37(27)25-18-24(36-14-16-40-17-15-36)33-28(34-25)31-19-10-12-20(13-11-19)35-41(38,39)21-6-2-1-3-7-21/h1-9,18-20,26,35H,10-17H2,(H,31,33,34). The Morgan fingerprint density at radius 3 is 2.24 bits per heavy atom. The summed E-state index contributed by atoms with van der Waals surface area (Å²) < 4.78 is 63.5. The lowest BCUT2D eigenvalue weighted by molar-refractivity contribution is 0.122. The number of alkyl halides is 2. The van der Waals surface area contributed by atoms with E-state index in [1.54, 1.807) is 60.7 Å². The number of anilines is 2. The summed E-state index contributed by atoms with van der Waals surface area (Å²) in [5.41, 5.74) is 0.992. The largest absolute Gasteiger partial charge is 0.378 e. The van der Waals surface area contributed by atoms with Crippen LogP contribution in [0.1, 0.15) is 37.9 Å². The third-order valence-electron chi connectivity index (χ3n) is 7.48. The van der Waals surface area contributed by atoms with Crippen LogP contribution in [0.3, 0.4) is 0 Å². The van der Waals surface area contributed by atoms with Gasteiger partial charge in [-0.25, -0.2) is 26.9 Å². The first-order chi connectivity index (χ1) is 19.9. The lowest BCUT2D eigenvalue weighted by Gasteiger charge is -2.31. The molecule has 41 heavy (non-hydrogen) atoms. The average molecular weight is 584 g/mol. The van der Waals surface area contributed by atoms with Gasteiger partial charge < -0.3 is 15.0 Å². The molecule has 2 N–H and O–H groups in total. The summed E-state index contributed by atoms with van der Waals surface area (Å²) in [5, 5.41) is 3.40. The first-order valence-corrected chi connectivity index (χ1v) is 15.2. The highest BCUT2D eigenvalue weighted by atomic mass is 32.2. The van der Waals surface area contributed by atoms with Crippen LogP contribution in [0.25, 0.3) is 16.9 Å². The fraction of sp³-hybridized carbons (Fsp3) is 0.393. The fourth-order valence-electron chi connectivity index (χ4n) is 5.41. The number of sulfonamides is 1. The molecule has 1 aliphatic heterocycles. The lowest BCUT2D eigenvalue weighted by atomic mass is 9.92. The van der Waals surface area contributed by atoms with Crippen molar-refractivity contribution in [1.29, 1.82) is 0 Å². The van der Waals surface area contributed by atoms with Gasteiger partial charge in [0.2, 0.25) is 16.0 Å². The van der Waals surface area contributed by atoms with Crippen LogP contribution in [0, 0.1) is 0 Å². The van der Waals surface area contributed by atoms with Crippen LogP contribution in [0.2, 0.25) is 0 Å². The Bertz CT molecular complexity index is 1600. The number of nitrogens with zero attached hydrogens (tertiary/aromatic N) is 5. The number of ether oxygens (including phenoxy) is 1. The van der Waals surface area contributed by atoms with Crippen molar-refractivity contribution >= 4 is 32.8 Å². The summed E-state index contributed by atoms with van der Waals surface area (Å²) in [6, 6.07) is 16.9. The lowest BCUT2D eigenvalue weighted by Crippen LogP contribution is -2.40. The number of morpholine rings is 1. The first-order valence-electron chi connectivity index (χ1n) is 13.7. The molecule has 216 valence electrons. The molecule has 2 aromatic heterocycles. The number of aromatic nitrogens is 4. The molecule has 2 aliphatic rings. The second-order valence-electron chi connectivity index (χ2n) is 10.2. The fourth-order valence-corrected chi connectivity index (χ4v) is 6.74. The maximum Gasteiger partial charge on any atom is 0.296 e. The highest BCUT2D eigenvalue weighted by molar-refractivity contribution is 7.89. The predicted molar refractivity (Wildman–Crippen MR) is 151 cm³/mol. The van der Waals surface area contributed by atoms with Crippen molar-refractivity contribution < 1.29 is 21.9 Å². The number of fused-ring (bicyclic) bond motifs is 1. The molecule has 3 heterocycles. The van der Waals surface area contributed by atoms with E-state index < -0.39 is 16.4 Å². The molecule has 0 amide bonds. The monoisotopic (exact) mass is 583 g/mol. The summed E-state index contributed by atoms with van der Waals surface area (Å²) in [4.78, 5) is 15.9. The number of halogens is 2. The van der Waals surface area contributed by atoms with Crippen molar-refractivity contribution in [3.8, 4) is 5.82 Å². The number of hydrogen-bond acceptors (Lipinski definition) is 8. The zero-order chi connectivity index (χ0) is 28.4. The molecule has 10 nitrogen and oxygen atoms in total. The van der Waals surface area contributed by atoms with Crippen LogP contribution >= 0.6 is 0 Å². The Labute approximate surface area is 236 Å². The zero-order valence-electron chi connectivity index (χ0n) is 22.3. The van der Waals surface area contributed by atoms with Gasteiger partial charge in [-0.3, -0.25) is 4.57 Å². The second-order valence-corrected chi connectivity index (χ2v) is 11.9. The van der Waals surface area contributed by atoms with E-state index >= 15 is 0 Å². The minimum Gasteiger partial charge on any atom is -0.378 e. The number of rotatable bonds is 8. The third-order valence-corrected chi connectivity index (χ3v) is 9.02. The van der Waals surface area contributed by atoms with Crippen LogP contribution in [-0.4, -0.2) is 66.3 Å². The molecular weight excluding hydrogens is 552 g/mol. The van der Waals surface area contributed by atoms with Crippen molar-refractivity contribution in [1.82, 2.24) is 24.2 Å². The average Bonchev–Trinajstić information content (AvgIpc) is 3.39. The molecule has 0 radical (unpaired) electrons. The normalized spacial score (nSPS) is 20.0. The molecule has 1 aliphatic carbocycles. The van der Waals surface area contributed by atoms with E-state index in [1.165, 1.54) is 4.57 Å². The van der Waals surface area contributed by atoms with Crippen LogP contribution in [0.4, 0.5) is 20.5 Å². The summed E-state index contributed by atoms with van der Waals surface area (Å²) in [6.45, 7) is 2.33. The number of para-hydroxylation sites is 2. The molecule has 4 aromatic rings. The molecule has 2 aromatic carbocycles. The van der Waals surface area contributed by atoms with E-state index in [0.717, 1.165) is 0 Å². The SMILES string of the molecule is O=S(=O)(NC1CCC(Nc2nc(N3CCOCC3)cc(-n3c(C(F)F)nc4ccccc43)n2)CC1)c1ccccc1. The van der Waals surface area contributed by atoms with Gasteiger partial charge in [-0.05, 0) is 49.9 Å². The number of nitrogens with one attached hydrogen (secondary N) is 2. The Morgan fingerprint density at radius 2 is 1.51 bits per heavy atom. The topological polar surface area (TPSA) is 114 Å². The Morgan fingerprint density at radius 1 is 0.854 bits per heavy atom. The summed E-state index contributed by atoms with van der Waals surface area (Å²) in [6.07, 6.45) is -0.129. The van der Waals surface area contributed by atoms with Crippen molar-refractivity contribution in [2.45, 2.75) is 49.1 Å². The Kier molecular flexibility index (Phi) is 7.82. The van der Waals surface area contributed by atoms with Crippen molar-refractivity contribution in [2.24, 2.45) is 0 Å². The highest BCUT2D eigenvalue weighted by Crippen LogP contribution is 2.30. The highest BCUT2D eigenvalue weighted by Gasteiger charge is 2.27. The van der Waals surface area contributed by atoms with E-state index in [1.807, 2.05) is 0 Å². The van der Waals surface area contributed by atoms with E-state index in [-0.39, 0.29) is 22.8 Å². The molecule has 0 unspecified atom stereocenters. The van der Waals surface area contributed by atoms with Crippen LogP contribution in [-0.2, 0) is 14.8 Å². The third kappa shape index (κ3) is 6.02. The van der Waals surface area contributed by atoms with Gasteiger partial charge in [0.25, 0.3) is 6.43 Å². The minimum absolute atomic E-state index is 0.00521. The van der Waals surface area contributed by atoms with Gasteiger partial charge in [0, 0.05) is 31.2 Å². The van der Waals surface area contributed by atoms with Gasteiger partial charge in [-0.15, -0.1) is 0 Å². The minimum atomic E-state index is -3.60. The zero-order valence-corrected chi connectivity index (χ0v) is 23.1. The van der Waals surface area contributed by atoms with Gasteiger partial charge in [0.05, 0.1) is 29.1 Å². The second kappa shape index (κ2) is 11.7. The van der Waals surface area contributed by atoms with E-state index in [2.05, 4.69) is 24.9 Å². The molecule has 1 saturated heterocycles. The van der Waals surface area contributed by atoms with Crippen LogP contribution in [0.15, 0.2) is 65.6 Å². The van der Waals surface area contributed by atoms with E-state index in [0.29, 0.717) is 80.6 Å². The Balaban J connectivity index is 1.25. The van der Waals surface area contributed by atoms with Gasteiger partial charge in [0.1, 0.15) is 11.6 Å². The van der Waals surface area contributed by atoms with Gasteiger partial charge in [-0.2, -0.15) is 9.97 Å². The Hall–Kier alpha value is -3.68. The summed E-state index contributed by atoms with van der Waals surface area (Å²) >= 11 is 0. The molecule has 2 fully saturated rings. The van der Waals surface area contributed by atoms with Gasteiger partial charge in [-0.1, -0.05) is 30.3 Å². The summed E-state index contributed by atoms with van der Waals surface area (Å²) in [5.74, 6) is 0.866. The number of hydrogen-bond donors (Lipinski definition) is 2. The smallest absolute Gasteiger partial charge is 0.296 e. The molecule has 13 heteroatoms. The predicted octanol–water partition coefficient (Wildman–Crippen LogP) is 4.29. The molecule has 0 bridgehead atoms. The maximum absolute atomic E-state index is 14.1. The molecule has 0 spiro atoms. The number of imidazole rings is 1. The van der Waals surface area contributed by atoms with Crippen LogP contribution < -0.4 is 14.9 Å². The summed E-state index contributed by atoms with van der Waals surface area (Å²) in [7, 11) is -3.60. The van der Waals surface area contributed by atoms with E-state index in [9.17, 15) is 17.2 Å². The molecular formula is C28H31F2N7O3S. The van der Waals surface area contributed by atoms with Crippen molar-refractivity contribution in [3.63, 3.8) is 0 Å². The molecule has 0 atom stereocenters. The van der Waals surface area contributed by atoms with Crippen molar-refractivity contribution in [3.05, 3.63) is 66.5 Å². The maximum atomic E-state index is 14.1. The number of benzene rings is 2. The molecule has 1 saturated carbocycles. The van der Waals surface area contributed by atoms with Crippen molar-refractivity contribution in [2.75, 3.05) is 36.5 Å². The quantitative estimate of drug-likeness (QED) is 0.316. The van der Waals surface area contributed by atoms with Gasteiger partial charge in [0.15, 0.2) is 5.82 Å².